The van der Waals surface area contributed by atoms with Gasteiger partial charge in [0.15, 0.2) is 0 Å². The number of hydrogen-bond acceptors (Lipinski definition) is 2. The van der Waals surface area contributed by atoms with Crippen LogP contribution < -0.4 is 4.74 Å². The smallest absolute Gasteiger partial charge is 0.206 e. The lowest BCUT2D eigenvalue weighted by atomic mass is 9.82. The molecule has 3 unspecified atom stereocenters. The van der Waals surface area contributed by atoms with Gasteiger partial charge >= 0.3 is 0 Å². The minimum atomic E-state index is -0.221. The molecule has 0 heterocycles. The van der Waals surface area contributed by atoms with E-state index in [1.807, 2.05) is 0 Å². The summed E-state index contributed by atoms with van der Waals surface area (Å²) >= 11 is 0. The van der Waals surface area contributed by atoms with Gasteiger partial charge in [-0.2, -0.15) is 0 Å². The largest absolute Gasteiger partial charge is 0.464 e. The van der Waals surface area contributed by atoms with E-state index in [2.05, 4.69) is 83.1 Å². The van der Waals surface area contributed by atoms with Crippen LogP contribution in [0.1, 0.15) is 82.4 Å². The van der Waals surface area contributed by atoms with Gasteiger partial charge in [-0.1, -0.05) is 71.0 Å². The van der Waals surface area contributed by atoms with Crippen LogP contribution in [0.25, 0.3) is 0 Å². The molecule has 29 heavy (non-hydrogen) atoms. The van der Waals surface area contributed by atoms with Crippen LogP contribution in [0.4, 0.5) is 0 Å². The first-order valence-electron chi connectivity index (χ1n) is 11.5. The molecule has 0 radical (unpaired) electrons. The molecule has 0 amide bonds. The molecule has 2 nitrogen and oxygen atoms in total. The van der Waals surface area contributed by atoms with Gasteiger partial charge in [0, 0.05) is 5.92 Å². The van der Waals surface area contributed by atoms with Crippen molar-refractivity contribution in [2.75, 3.05) is 6.61 Å². The standard InChI is InChI=1S/C27H38O2/c1-6-17-28-27(25-16-13-21-9-7-8-10-24(21)25)29-23-14-11-22(12-15-23)26(20(4)5)18-19(2)3/h7-12,14-15,19-20,25-27H,6,13,16-18H2,1-5H3. The number of benzene rings is 2. The molecule has 1 aliphatic carbocycles. The molecule has 158 valence electrons. The fourth-order valence-corrected chi connectivity index (χ4v) is 4.57. The van der Waals surface area contributed by atoms with E-state index in [0.29, 0.717) is 23.7 Å². The van der Waals surface area contributed by atoms with Gasteiger partial charge in [0.05, 0.1) is 6.61 Å². The van der Waals surface area contributed by atoms with Gasteiger partial charge in [0.1, 0.15) is 5.75 Å². The summed E-state index contributed by atoms with van der Waals surface area (Å²) in [6, 6.07) is 17.5. The van der Waals surface area contributed by atoms with E-state index < -0.39 is 0 Å². The first kappa shape index (κ1) is 21.9. The molecule has 0 saturated carbocycles. The molecule has 0 fully saturated rings. The number of aryl methyl sites for hydroxylation is 1. The van der Waals surface area contributed by atoms with Crippen molar-refractivity contribution in [3.8, 4) is 5.75 Å². The fourth-order valence-electron chi connectivity index (χ4n) is 4.57. The van der Waals surface area contributed by atoms with Crippen LogP contribution in [-0.2, 0) is 11.2 Å². The van der Waals surface area contributed by atoms with Crippen LogP contribution in [0.15, 0.2) is 48.5 Å². The topological polar surface area (TPSA) is 18.5 Å². The molecule has 1 aliphatic rings. The summed E-state index contributed by atoms with van der Waals surface area (Å²) in [6.07, 6.45) is 4.20. The van der Waals surface area contributed by atoms with Crippen molar-refractivity contribution >= 4 is 0 Å². The molecular formula is C27H38O2. The summed E-state index contributed by atoms with van der Waals surface area (Å²) in [5.74, 6) is 3.15. The Labute approximate surface area is 177 Å². The average molecular weight is 395 g/mol. The summed E-state index contributed by atoms with van der Waals surface area (Å²) in [7, 11) is 0. The second-order valence-corrected chi connectivity index (χ2v) is 9.25. The van der Waals surface area contributed by atoms with Crippen molar-refractivity contribution in [3.63, 3.8) is 0 Å². The summed E-state index contributed by atoms with van der Waals surface area (Å²) in [6.45, 7) is 12.1. The molecule has 2 aromatic carbocycles. The predicted octanol–water partition coefficient (Wildman–Crippen LogP) is 7.33. The van der Waals surface area contributed by atoms with Gasteiger partial charge in [-0.25, -0.2) is 0 Å². The molecule has 3 rings (SSSR count). The first-order valence-corrected chi connectivity index (χ1v) is 11.5. The van der Waals surface area contributed by atoms with Crippen LogP contribution in [-0.4, -0.2) is 12.9 Å². The lowest BCUT2D eigenvalue weighted by Crippen LogP contribution is -2.28. The van der Waals surface area contributed by atoms with Crippen molar-refractivity contribution in [2.24, 2.45) is 11.8 Å². The maximum Gasteiger partial charge on any atom is 0.206 e. The summed E-state index contributed by atoms with van der Waals surface area (Å²) < 4.78 is 12.6. The zero-order valence-electron chi connectivity index (χ0n) is 18.9. The van der Waals surface area contributed by atoms with Gasteiger partial charge in [-0.05, 0) is 72.3 Å². The van der Waals surface area contributed by atoms with E-state index in [-0.39, 0.29) is 6.29 Å². The number of hydrogen-bond donors (Lipinski definition) is 0. The Morgan fingerprint density at radius 3 is 2.34 bits per heavy atom. The Balaban J connectivity index is 1.75. The highest BCUT2D eigenvalue weighted by atomic mass is 16.7. The molecule has 2 aromatic rings. The number of ether oxygens (including phenoxy) is 2. The SMILES string of the molecule is CCCOC(Oc1ccc(C(CC(C)C)C(C)C)cc1)C1CCc2ccccc21. The number of rotatable bonds is 10. The Bertz CT molecular complexity index is 747. The molecule has 3 atom stereocenters. The van der Waals surface area contributed by atoms with Gasteiger partial charge in [0.25, 0.3) is 0 Å². The molecule has 0 aromatic heterocycles. The van der Waals surface area contributed by atoms with Crippen LogP contribution in [0, 0.1) is 11.8 Å². The highest BCUT2D eigenvalue weighted by Crippen LogP contribution is 2.38. The Kier molecular flexibility index (Phi) is 7.77. The lowest BCUT2D eigenvalue weighted by molar-refractivity contribution is -0.0960. The Hall–Kier alpha value is -1.80. The van der Waals surface area contributed by atoms with Crippen LogP contribution in [0.5, 0.6) is 5.75 Å². The molecule has 0 aliphatic heterocycles. The van der Waals surface area contributed by atoms with Gasteiger partial charge < -0.3 is 9.47 Å². The van der Waals surface area contributed by atoms with Gasteiger partial charge in [-0.15, -0.1) is 0 Å². The Morgan fingerprint density at radius 2 is 1.69 bits per heavy atom. The molecule has 0 spiro atoms. The summed E-state index contributed by atoms with van der Waals surface area (Å²) in [4.78, 5) is 0. The second kappa shape index (κ2) is 10.3. The van der Waals surface area contributed by atoms with Crippen LogP contribution in [0.3, 0.4) is 0 Å². The molecule has 0 saturated heterocycles. The zero-order chi connectivity index (χ0) is 20.8. The van der Waals surface area contributed by atoms with Crippen molar-refractivity contribution in [1.82, 2.24) is 0 Å². The van der Waals surface area contributed by atoms with E-state index in [1.54, 1.807) is 0 Å². The maximum absolute atomic E-state index is 6.41. The lowest BCUT2D eigenvalue weighted by Gasteiger charge is -2.27. The van der Waals surface area contributed by atoms with E-state index >= 15 is 0 Å². The summed E-state index contributed by atoms with van der Waals surface area (Å²) in [5.41, 5.74) is 4.25. The van der Waals surface area contributed by atoms with Crippen LogP contribution in [0.2, 0.25) is 0 Å². The van der Waals surface area contributed by atoms with Crippen molar-refractivity contribution < 1.29 is 9.47 Å². The minimum absolute atomic E-state index is 0.221. The fraction of sp³-hybridized carbons (Fsp3) is 0.556. The third-order valence-corrected chi connectivity index (χ3v) is 6.08. The van der Waals surface area contributed by atoms with Gasteiger partial charge in [0.2, 0.25) is 6.29 Å². The number of fused-ring (bicyclic) bond motifs is 1. The van der Waals surface area contributed by atoms with E-state index in [0.717, 1.165) is 31.6 Å². The predicted molar refractivity (Wildman–Crippen MR) is 122 cm³/mol. The molecular weight excluding hydrogens is 356 g/mol. The van der Waals surface area contributed by atoms with Crippen molar-refractivity contribution in [3.05, 3.63) is 65.2 Å². The third-order valence-electron chi connectivity index (χ3n) is 6.08. The van der Waals surface area contributed by atoms with E-state index in [9.17, 15) is 0 Å². The molecule has 0 bridgehead atoms. The monoisotopic (exact) mass is 394 g/mol. The average Bonchev–Trinajstić information content (AvgIpc) is 3.14. The van der Waals surface area contributed by atoms with E-state index in [1.165, 1.54) is 23.1 Å². The second-order valence-electron chi connectivity index (χ2n) is 9.25. The highest BCUT2D eigenvalue weighted by molar-refractivity contribution is 5.36. The third kappa shape index (κ3) is 5.63. The molecule has 2 heteroatoms. The first-order chi connectivity index (χ1) is 14.0. The zero-order valence-corrected chi connectivity index (χ0v) is 18.9. The normalized spacial score (nSPS) is 18.1. The van der Waals surface area contributed by atoms with E-state index in [4.69, 9.17) is 9.47 Å². The highest BCUT2D eigenvalue weighted by Gasteiger charge is 2.32. The quantitative estimate of drug-likeness (QED) is 0.393. The van der Waals surface area contributed by atoms with Crippen molar-refractivity contribution in [1.29, 1.82) is 0 Å². The van der Waals surface area contributed by atoms with Crippen molar-refractivity contribution in [2.45, 2.75) is 78.4 Å². The summed E-state index contributed by atoms with van der Waals surface area (Å²) in [5, 5.41) is 0. The van der Waals surface area contributed by atoms with Gasteiger partial charge in [-0.3, -0.25) is 0 Å². The molecule has 0 N–H and O–H groups in total. The van der Waals surface area contributed by atoms with Crippen LogP contribution >= 0.6 is 0 Å². The maximum atomic E-state index is 6.41. The Morgan fingerprint density at radius 1 is 0.966 bits per heavy atom. The minimum Gasteiger partial charge on any atom is -0.464 e.